The van der Waals surface area contributed by atoms with Crippen molar-refractivity contribution in [2.75, 3.05) is 11.9 Å². The maximum Gasteiger partial charge on any atom is 0.226 e. The number of nitrogens with zero attached hydrogens (tertiary/aromatic N) is 1. The summed E-state index contributed by atoms with van der Waals surface area (Å²) in [5, 5.41) is 5.64. The van der Waals surface area contributed by atoms with Crippen LogP contribution in [0.5, 0.6) is 0 Å². The maximum atomic E-state index is 12.1. The number of carbonyl (C=O) groups is 1. The van der Waals surface area contributed by atoms with E-state index in [1.54, 1.807) is 0 Å². The highest BCUT2D eigenvalue weighted by molar-refractivity contribution is 7.14. The first-order chi connectivity index (χ1) is 12.3. The topological polar surface area (TPSA) is 51.2 Å². The summed E-state index contributed by atoms with van der Waals surface area (Å²) in [7, 11) is 0. The van der Waals surface area contributed by atoms with E-state index in [9.17, 15) is 4.79 Å². The molecule has 1 aromatic heterocycles. The fraction of sp³-hybridized carbons (Fsp3) is 0.500. The molecular weight excluding hydrogens is 332 g/mol. The molecule has 2 aromatic rings. The van der Waals surface area contributed by atoms with E-state index >= 15 is 0 Å². The molecule has 0 spiro atoms. The summed E-state index contributed by atoms with van der Waals surface area (Å²) in [5.41, 5.74) is 5.04. The summed E-state index contributed by atoms with van der Waals surface area (Å²) in [6, 6.07) is 6.66. The molecule has 2 heterocycles. The smallest absolute Gasteiger partial charge is 0.226 e. The van der Waals surface area contributed by atoms with Gasteiger partial charge >= 0.3 is 0 Å². The van der Waals surface area contributed by atoms with Gasteiger partial charge in [-0.05, 0) is 62.1 Å². The van der Waals surface area contributed by atoms with Crippen molar-refractivity contribution in [2.24, 2.45) is 0 Å². The molecule has 1 N–H and O–H groups in total. The Morgan fingerprint density at radius 3 is 2.96 bits per heavy atom. The number of ether oxygens (including phenoxy) is 1. The first-order valence-corrected chi connectivity index (χ1v) is 10.1. The standard InChI is InChI=1S/C20H24N2O2S/c23-19(10-9-17-6-3-11-24-17)22-20-21-18(13-25-20)16-8-7-14-4-1-2-5-15(14)12-16/h7-8,12-13,17H,1-6,9-11H2,(H,21,22,23). The zero-order chi connectivity index (χ0) is 17.1. The first kappa shape index (κ1) is 16.7. The van der Waals surface area contributed by atoms with Crippen LogP contribution in [0.1, 0.15) is 49.7 Å². The number of aromatic nitrogens is 1. The molecule has 1 amide bonds. The molecule has 1 atom stereocenters. The summed E-state index contributed by atoms with van der Waals surface area (Å²) < 4.78 is 5.57. The predicted molar refractivity (Wildman–Crippen MR) is 101 cm³/mol. The van der Waals surface area contributed by atoms with Crippen LogP contribution >= 0.6 is 11.3 Å². The summed E-state index contributed by atoms with van der Waals surface area (Å²) in [5.74, 6) is 0.0295. The van der Waals surface area contributed by atoms with Crippen LogP contribution in [0.4, 0.5) is 5.13 Å². The first-order valence-electron chi connectivity index (χ1n) is 9.27. The molecule has 132 valence electrons. The van der Waals surface area contributed by atoms with Gasteiger partial charge in [-0.1, -0.05) is 12.1 Å². The van der Waals surface area contributed by atoms with Crippen molar-refractivity contribution in [3.8, 4) is 11.3 Å². The maximum absolute atomic E-state index is 12.1. The molecule has 25 heavy (non-hydrogen) atoms. The van der Waals surface area contributed by atoms with Gasteiger partial charge in [0, 0.05) is 24.0 Å². The van der Waals surface area contributed by atoms with Gasteiger partial charge in [-0.25, -0.2) is 4.98 Å². The van der Waals surface area contributed by atoms with E-state index in [0.29, 0.717) is 11.6 Å². The molecular formula is C20H24N2O2S. The summed E-state index contributed by atoms with van der Waals surface area (Å²) >= 11 is 1.49. The highest BCUT2D eigenvalue weighted by Crippen LogP contribution is 2.29. The van der Waals surface area contributed by atoms with Gasteiger partial charge < -0.3 is 10.1 Å². The second kappa shape index (κ2) is 7.67. The number of anilines is 1. The Morgan fingerprint density at radius 2 is 2.12 bits per heavy atom. The van der Waals surface area contributed by atoms with Gasteiger partial charge in [0.05, 0.1) is 11.8 Å². The highest BCUT2D eigenvalue weighted by atomic mass is 32.1. The van der Waals surface area contributed by atoms with Crippen LogP contribution in [0.15, 0.2) is 23.6 Å². The second-order valence-electron chi connectivity index (χ2n) is 6.95. The lowest BCUT2D eigenvalue weighted by Crippen LogP contribution is -2.15. The van der Waals surface area contributed by atoms with Crippen LogP contribution < -0.4 is 5.32 Å². The molecule has 0 saturated carbocycles. The van der Waals surface area contributed by atoms with Gasteiger partial charge in [0.1, 0.15) is 0 Å². The van der Waals surface area contributed by atoms with E-state index < -0.39 is 0 Å². The van der Waals surface area contributed by atoms with Crippen LogP contribution in [0, 0.1) is 0 Å². The molecule has 1 aliphatic heterocycles. The number of aryl methyl sites for hydroxylation is 2. The zero-order valence-electron chi connectivity index (χ0n) is 14.4. The molecule has 1 fully saturated rings. The third-order valence-electron chi connectivity index (χ3n) is 5.11. The third-order valence-corrected chi connectivity index (χ3v) is 5.87. The highest BCUT2D eigenvalue weighted by Gasteiger charge is 2.17. The number of thiazole rings is 1. The van der Waals surface area contributed by atoms with Crippen LogP contribution in [-0.4, -0.2) is 23.6 Å². The normalized spacial score (nSPS) is 19.6. The van der Waals surface area contributed by atoms with Gasteiger partial charge in [0.25, 0.3) is 0 Å². The van der Waals surface area contributed by atoms with Gasteiger partial charge in [-0.15, -0.1) is 11.3 Å². The van der Waals surface area contributed by atoms with Crippen LogP contribution in [0.3, 0.4) is 0 Å². The molecule has 0 radical (unpaired) electrons. The van der Waals surface area contributed by atoms with Gasteiger partial charge in [-0.3, -0.25) is 4.79 Å². The van der Waals surface area contributed by atoms with E-state index in [0.717, 1.165) is 37.1 Å². The van der Waals surface area contributed by atoms with Crippen molar-refractivity contribution in [2.45, 2.75) is 57.5 Å². The Kier molecular flexibility index (Phi) is 5.13. The summed E-state index contributed by atoms with van der Waals surface area (Å²) in [6.07, 6.45) is 8.68. The van der Waals surface area contributed by atoms with Crippen molar-refractivity contribution in [3.63, 3.8) is 0 Å². The number of amides is 1. The molecule has 4 nitrogen and oxygen atoms in total. The number of nitrogens with one attached hydrogen (secondary N) is 1. The number of hydrogen-bond donors (Lipinski definition) is 1. The van der Waals surface area contributed by atoms with Gasteiger partial charge in [0.2, 0.25) is 5.91 Å². The SMILES string of the molecule is O=C(CCC1CCCO1)Nc1nc(-c2ccc3c(c2)CCCC3)cs1. The number of rotatable bonds is 5. The summed E-state index contributed by atoms with van der Waals surface area (Å²) in [6.45, 7) is 0.836. The van der Waals surface area contributed by atoms with Gasteiger partial charge in [-0.2, -0.15) is 0 Å². The van der Waals surface area contributed by atoms with Crippen molar-refractivity contribution < 1.29 is 9.53 Å². The van der Waals surface area contributed by atoms with Crippen molar-refractivity contribution in [1.29, 1.82) is 0 Å². The number of benzene rings is 1. The Morgan fingerprint density at radius 1 is 1.24 bits per heavy atom. The lowest BCUT2D eigenvalue weighted by molar-refractivity contribution is -0.116. The van der Waals surface area contributed by atoms with E-state index in [1.165, 1.54) is 48.1 Å². The molecule has 4 rings (SSSR count). The quantitative estimate of drug-likeness (QED) is 0.853. The predicted octanol–water partition coefficient (Wildman–Crippen LogP) is 4.59. The Hall–Kier alpha value is -1.72. The molecule has 5 heteroatoms. The lowest BCUT2D eigenvalue weighted by Gasteiger charge is -2.16. The number of carbonyl (C=O) groups excluding carboxylic acids is 1. The minimum atomic E-state index is 0.0295. The molecule has 1 saturated heterocycles. The van der Waals surface area contributed by atoms with E-state index in [2.05, 4.69) is 28.5 Å². The van der Waals surface area contributed by atoms with Crippen molar-refractivity contribution in [3.05, 3.63) is 34.7 Å². The van der Waals surface area contributed by atoms with E-state index in [-0.39, 0.29) is 12.0 Å². The monoisotopic (exact) mass is 356 g/mol. The van der Waals surface area contributed by atoms with Gasteiger partial charge in [0.15, 0.2) is 5.13 Å². The van der Waals surface area contributed by atoms with Crippen molar-refractivity contribution in [1.82, 2.24) is 4.98 Å². The average Bonchev–Trinajstić information content (AvgIpc) is 3.31. The molecule has 0 bridgehead atoms. The molecule has 1 aromatic carbocycles. The summed E-state index contributed by atoms with van der Waals surface area (Å²) in [4.78, 5) is 16.7. The minimum Gasteiger partial charge on any atom is -0.378 e. The molecule has 1 aliphatic carbocycles. The fourth-order valence-corrected chi connectivity index (χ4v) is 4.44. The Balaban J connectivity index is 1.37. The zero-order valence-corrected chi connectivity index (χ0v) is 15.2. The fourth-order valence-electron chi connectivity index (χ4n) is 3.70. The van der Waals surface area contributed by atoms with Crippen LogP contribution in [0.2, 0.25) is 0 Å². The van der Waals surface area contributed by atoms with Crippen LogP contribution in [0.25, 0.3) is 11.3 Å². The van der Waals surface area contributed by atoms with E-state index in [4.69, 9.17) is 4.74 Å². The number of hydrogen-bond acceptors (Lipinski definition) is 4. The van der Waals surface area contributed by atoms with E-state index in [1.807, 2.05) is 5.38 Å². The Bertz CT molecular complexity index is 750. The number of fused-ring (bicyclic) bond motifs is 1. The second-order valence-corrected chi connectivity index (χ2v) is 7.81. The Labute approximate surface area is 152 Å². The molecule has 2 aliphatic rings. The average molecular weight is 356 g/mol. The van der Waals surface area contributed by atoms with Crippen LogP contribution in [-0.2, 0) is 22.4 Å². The lowest BCUT2D eigenvalue weighted by atomic mass is 9.90. The van der Waals surface area contributed by atoms with Crippen molar-refractivity contribution >= 4 is 22.4 Å². The molecule has 1 unspecified atom stereocenters. The third kappa shape index (κ3) is 4.10. The minimum absolute atomic E-state index is 0.0295. The largest absolute Gasteiger partial charge is 0.378 e.